The van der Waals surface area contributed by atoms with E-state index in [9.17, 15) is 17.6 Å². The molecular formula is C21H25FN2O4S. The summed E-state index contributed by atoms with van der Waals surface area (Å²) in [5, 5.41) is 2.70. The average Bonchev–Trinajstić information content (AvgIpc) is 3.24. The fourth-order valence-corrected chi connectivity index (χ4v) is 4.98. The van der Waals surface area contributed by atoms with Crippen molar-refractivity contribution in [1.29, 1.82) is 0 Å². The highest BCUT2D eigenvalue weighted by Gasteiger charge is 2.30. The van der Waals surface area contributed by atoms with Crippen molar-refractivity contribution in [3.63, 3.8) is 0 Å². The van der Waals surface area contributed by atoms with Gasteiger partial charge in [-0.05, 0) is 56.0 Å². The van der Waals surface area contributed by atoms with Crippen molar-refractivity contribution in [2.24, 2.45) is 0 Å². The number of nitrogens with one attached hydrogen (secondary N) is 1. The second kappa shape index (κ2) is 9.37. The molecule has 0 atom stereocenters. The molecule has 0 saturated carbocycles. The lowest BCUT2D eigenvalue weighted by molar-refractivity contribution is -0.116. The number of ether oxygens (including phenoxy) is 1. The lowest BCUT2D eigenvalue weighted by Crippen LogP contribution is -2.28. The number of rotatable bonds is 8. The van der Waals surface area contributed by atoms with Crippen LogP contribution in [0, 0.1) is 5.82 Å². The number of hydrogen-bond donors (Lipinski definition) is 1. The Bertz CT molecular complexity index is 972. The lowest BCUT2D eigenvalue weighted by Gasteiger charge is -2.19. The Kier molecular flexibility index (Phi) is 6.87. The van der Waals surface area contributed by atoms with Crippen LogP contribution in [0.5, 0.6) is 5.75 Å². The van der Waals surface area contributed by atoms with E-state index < -0.39 is 10.0 Å². The molecule has 1 saturated heterocycles. The Labute approximate surface area is 170 Å². The fourth-order valence-electron chi connectivity index (χ4n) is 3.30. The molecule has 2 aromatic rings. The predicted molar refractivity (Wildman–Crippen MR) is 109 cm³/mol. The molecule has 1 aliphatic heterocycles. The van der Waals surface area contributed by atoms with Crippen LogP contribution >= 0.6 is 0 Å². The number of carbonyl (C=O) groups excluding carboxylic acids is 1. The third kappa shape index (κ3) is 5.13. The summed E-state index contributed by atoms with van der Waals surface area (Å²) in [5.41, 5.74) is 0.830. The number of anilines is 1. The average molecular weight is 421 g/mol. The molecule has 6 nitrogen and oxygen atoms in total. The van der Waals surface area contributed by atoms with Crippen molar-refractivity contribution in [2.45, 2.75) is 37.5 Å². The van der Waals surface area contributed by atoms with E-state index >= 15 is 0 Å². The van der Waals surface area contributed by atoms with Gasteiger partial charge in [-0.2, -0.15) is 4.31 Å². The molecule has 1 amide bonds. The van der Waals surface area contributed by atoms with Gasteiger partial charge in [0.1, 0.15) is 16.5 Å². The molecule has 0 spiro atoms. The molecule has 0 bridgehead atoms. The maximum absolute atomic E-state index is 13.7. The van der Waals surface area contributed by atoms with Crippen LogP contribution in [0.2, 0.25) is 0 Å². The number of aryl methyl sites for hydroxylation is 1. The summed E-state index contributed by atoms with van der Waals surface area (Å²) >= 11 is 0. The van der Waals surface area contributed by atoms with E-state index in [0.29, 0.717) is 30.9 Å². The van der Waals surface area contributed by atoms with Crippen molar-refractivity contribution in [3.05, 3.63) is 53.8 Å². The predicted octanol–water partition coefficient (Wildman–Crippen LogP) is 3.58. The Morgan fingerprint density at radius 1 is 1.17 bits per heavy atom. The minimum atomic E-state index is -3.70. The topological polar surface area (TPSA) is 75.7 Å². The first-order valence-corrected chi connectivity index (χ1v) is 11.2. The van der Waals surface area contributed by atoms with Gasteiger partial charge in [0.2, 0.25) is 15.9 Å². The quantitative estimate of drug-likeness (QED) is 0.708. The van der Waals surface area contributed by atoms with Gasteiger partial charge < -0.3 is 10.1 Å². The summed E-state index contributed by atoms with van der Waals surface area (Å²) in [6, 6.07) is 10.9. The van der Waals surface area contributed by atoms with Crippen molar-refractivity contribution >= 4 is 21.6 Å². The molecular weight excluding hydrogens is 395 g/mol. The number of amides is 1. The number of hydrogen-bond acceptors (Lipinski definition) is 4. The van der Waals surface area contributed by atoms with Crippen molar-refractivity contribution < 1.29 is 22.3 Å². The van der Waals surface area contributed by atoms with Crippen LogP contribution in [-0.4, -0.2) is 38.3 Å². The number of carbonyl (C=O) groups is 1. The maximum atomic E-state index is 13.7. The molecule has 1 heterocycles. The number of nitrogens with zero attached hydrogens (tertiary/aromatic N) is 1. The normalized spacial score (nSPS) is 14.7. The van der Waals surface area contributed by atoms with Gasteiger partial charge in [-0.25, -0.2) is 12.8 Å². The number of sulfonamides is 1. The van der Waals surface area contributed by atoms with Crippen molar-refractivity contribution in [3.8, 4) is 5.75 Å². The van der Waals surface area contributed by atoms with Crippen LogP contribution in [0.1, 0.15) is 31.7 Å². The van der Waals surface area contributed by atoms with E-state index in [0.717, 1.165) is 12.8 Å². The van der Waals surface area contributed by atoms with Gasteiger partial charge in [0.05, 0.1) is 6.61 Å². The van der Waals surface area contributed by atoms with Crippen LogP contribution in [0.15, 0.2) is 47.4 Å². The summed E-state index contributed by atoms with van der Waals surface area (Å²) in [4.78, 5) is 12.3. The first-order chi connectivity index (χ1) is 13.9. The van der Waals surface area contributed by atoms with Gasteiger partial charge in [0, 0.05) is 25.2 Å². The zero-order valence-corrected chi connectivity index (χ0v) is 17.2. The van der Waals surface area contributed by atoms with Crippen LogP contribution < -0.4 is 10.1 Å². The summed E-state index contributed by atoms with van der Waals surface area (Å²) in [6.45, 7) is 3.07. The molecule has 0 radical (unpaired) electrons. The summed E-state index contributed by atoms with van der Waals surface area (Å²) in [5.74, 6) is -0.397. The number of benzene rings is 2. The summed E-state index contributed by atoms with van der Waals surface area (Å²) in [6.07, 6.45) is 2.00. The molecule has 1 N–H and O–H groups in total. The molecule has 1 aliphatic rings. The maximum Gasteiger partial charge on any atom is 0.246 e. The third-order valence-electron chi connectivity index (χ3n) is 4.79. The fraction of sp³-hybridized carbons (Fsp3) is 0.381. The largest absolute Gasteiger partial charge is 0.492 e. The van der Waals surface area contributed by atoms with Crippen LogP contribution in [-0.2, 0) is 21.2 Å². The lowest BCUT2D eigenvalue weighted by atomic mass is 10.1. The SMILES string of the molecule is CCOc1ccc(NC(=O)CCc2ccccc2F)cc1S(=O)(=O)N1CCCC1. The minimum absolute atomic E-state index is 0.0492. The third-order valence-corrected chi connectivity index (χ3v) is 6.71. The van der Waals surface area contributed by atoms with Crippen LogP contribution in [0.4, 0.5) is 10.1 Å². The highest BCUT2D eigenvalue weighted by Crippen LogP contribution is 2.31. The van der Waals surface area contributed by atoms with Gasteiger partial charge in [-0.15, -0.1) is 0 Å². The smallest absolute Gasteiger partial charge is 0.246 e. The van der Waals surface area contributed by atoms with E-state index in [4.69, 9.17) is 4.74 Å². The van der Waals surface area contributed by atoms with Crippen LogP contribution in [0.3, 0.4) is 0 Å². The van der Waals surface area contributed by atoms with Crippen LogP contribution in [0.25, 0.3) is 0 Å². The molecule has 2 aromatic carbocycles. The van der Waals surface area contributed by atoms with E-state index in [1.807, 2.05) is 0 Å². The Hall–Kier alpha value is -2.45. The second-order valence-corrected chi connectivity index (χ2v) is 8.75. The Morgan fingerprint density at radius 3 is 2.59 bits per heavy atom. The van der Waals surface area contributed by atoms with Gasteiger partial charge in [-0.1, -0.05) is 18.2 Å². The van der Waals surface area contributed by atoms with Crippen molar-refractivity contribution in [2.75, 3.05) is 25.0 Å². The Balaban J connectivity index is 1.76. The molecule has 156 valence electrons. The van der Waals surface area contributed by atoms with Gasteiger partial charge in [0.15, 0.2) is 0 Å². The molecule has 0 unspecified atom stereocenters. The van der Waals surface area contributed by atoms with E-state index in [2.05, 4.69) is 5.32 Å². The first kappa shape index (κ1) is 21.3. The van der Waals surface area contributed by atoms with Gasteiger partial charge in [-0.3, -0.25) is 4.79 Å². The molecule has 0 aromatic heterocycles. The standard InChI is InChI=1S/C21H25FN2O4S/c1-2-28-19-11-10-17(15-20(19)29(26,27)24-13-5-6-14-24)23-21(25)12-9-16-7-3-4-8-18(16)22/h3-4,7-8,10-11,15H,2,5-6,9,12-14H2,1H3,(H,23,25). The highest BCUT2D eigenvalue weighted by molar-refractivity contribution is 7.89. The monoisotopic (exact) mass is 420 g/mol. The highest BCUT2D eigenvalue weighted by atomic mass is 32.2. The molecule has 3 rings (SSSR count). The second-order valence-electron chi connectivity index (χ2n) is 6.85. The molecule has 8 heteroatoms. The number of halogens is 1. The molecule has 29 heavy (non-hydrogen) atoms. The summed E-state index contributed by atoms with van der Waals surface area (Å²) < 4.78 is 46.7. The molecule has 1 fully saturated rings. The van der Waals surface area contributed by atoms with Gasteiger partial charge >= 0.3 is 0 Å². The van der Waals surface area contributed by atoms with E-state index in [1.165, 1.54) is 16.4 Å². The van der Waals surface area contributed by atoms with Crippen molar-refractivity contribution in [1.82, 2.24) is 4.31 Å². The molecule has 0 aliphatic carbocycles. The minimum Gasteiger partial charge on any atom is -0.492 e. The van der Waals surface area contributed by atoms with E-state index in [-0.39, 0.29) is 35.2 Å². The zero-order valence-electron chi connectivity index (χ0n) is 16.4. The summed E-state index contributed by atoms with van der Waals surface area (Å²) in [7, 11) is -3.70. The zero-order chi connectivity index (χ0) is 20.9. The Morgan fingerprint density at radius 2 is 1.90 bits per heavy atom. The van der Waals surface area contributed by atoms with Gasteiger partial charge in [0.25, 0.3) is 0 Å². The first-order valence-electron chi connectivity index (χ1n) is 9.72. The van der Waals surface area contributed by atoms with E-state index in [1.54, 1.807) is 37.3 Å².